The smallest absolute Gasteiger partial charge is 0.225 e. The number of nitrogens with one attached hydrogen (secondary N) is 1. The first-order valence-corrected chi connectivity index (χ1v) is 13.8. The van der Waals surface area contributed by atoms with Gasteiger partial charge in [-0.1, -0.05) is 40.9 Å². The number of fused-ring (bicyclic) bond motifs is 2. The molecule has 0 unspecified atom stereocenters. The largest absolute Gasteiger partial charge is 0.365 e. The third kappa shape index (κ3) is 5.77. The molecule has 4 heterocycles. The Bertz CT molecular complexity index is 1560. The normalized spacial score (nSPS) is 11.1. The molecule has 0 fully saturated rings. The summed E-state index contributed by atoms with van der Waals surface area (Å²) in [5.41, 5.74) is 3.33. The molecular weight excluding hydrogens is 588 g/mol. The lowest BCUT2D eigenvalue weighted by Crippen LogP contribution is -2.03. The Hall–Kier alpha value is -1.45. The number of rotatable bonds is 3. The number of aromatic nitrogens is 4. The van der Waals surface area contributed by atoms with Crippen LogP contribution in [0.2, 0.25) is 25.8 Å². The SMILES string of the molecule is Cc1sc2nc(Cl)nc(Cl)c2c1C.Cc1sc2nc(Cl)nc(NCc3ccc(Cl)c(Cl)c3)c2c1C. The van der Waals surface area contributed by atoms with E-state index in [4.69, 9.17) is 58.0 Å². The van der Waals surface area contributed by atoms with Crippen molar-refractivity contribution in [1.82, 2.24) is 19.9 Å². The molecule has 0 amide bonds. The van der Waals surface area contributed by atoms with E-state index in [0.717, 1.165) is 37.4 Å². The molecule has 0 atom stereocenters. The summed E-state index contributed by atoms with van der Waals surface area (Å²) < 4.78 is 0. The van der Waals surface area contributed by atoms with Crippen LogP contribution in [-0.2, 0) is 6.54 Å². The van der Waals surface area contributed by atoms with E-state index in [-0.39, 0.29) is 10.6 Å². The van der Waals surface area contributed by atoms with Crippen molar-refractivity contribution in [2.75, 3.05) is 5.32 Å². The maximum atomic E-state index is 6.04. The molecule has 0 bridgehead atoms. The third-order valence-corrected chi connectivity index (χ3v) is 8.96. The topological polar surface area (TPSA) is 63.6 Å². The summed E-state index contributed by atoms with van der Waals surface area (Å²) in [6.45, 7) is 8.75. The first-order valence-electron chi connectivity index (χ1n) is 10.2. The molecule has 0 radical (unpaired) electrons. The quantitative estimate of drug-likeness (QED) is 0.164. The molecular formula is C23H18Cl5N5S2. The van der Waals surface area contributed by atoms with Gasteiger partial charge in [0.25, 0.3) is 0 Å². The minimum atomic E-state index is 0.207. The molecule has 5 aromatic rings. The van der Waals surface area contributed by atoms with Crippen LogP contribution < -0.4 is 5.32 Å². The summed E-state index contributed by atoms with van der Waals surface area (Å²) in [7, 11) is 0. The van der Waals surface area contributed by atoms with Crippen molar-refractivity contribution < 1.29 is 0 Å². The highest BCUT2D eigenvalue weighted by atomic mass is 35.5. The molecule has 0 aliphatic heterocycles. The van der Waals surface area contributed by atoms with Gasteiger partial charge in [-0.2, -0.15) is 0 Å². The summed E-state index contributed by atoms with van der Waals surface area (Å²) >= 11 is 32.8. The number of nitrogens with zero attached hydrogens (tertiary/aromatic N) is 4. The zero-order valence-corrected chi connectivity index (χ0v) is 24.3. The molecule has 0 aliphatic carbocycles. The van der Waals surface area contributed by atoms with Crippen LogP contribution in [0.4, 0.5) is 5.82 Å². The fraction of sp³-hybridized carbons (Fsp3) is 0.217. The lowest BCUT2D eigenvalue weighted by atomic mass is 10.2. The molecule has 182 valence electrons. The van der Waals surface area contributed by atoms with Gasteiger partial charge >= 0.3 is 0 Å². The maximum absolute atomic E-state index is 6.04. The van der Waals surface area contributed by atoms with Crippen molar-refractivity contribution in [3.63, 3.8) is 0 Å². The Balaban J connectivity index is 0.000000189. The number of hydrogen-bond acceptors (Lipinski definition) is 7. The van der Waals surface area contributed by atoms with E-state index >= 15 is 0 Å². The van der Waals surface area contributed by atoms with Crippen LogP contribution in [0.15, 0.2) is 18.2 Å². The third-order valence-electron chi connectivity index (χ3n) is 5.40. The zero-order chi connectivity index (χ0) is 25.4. The molecule has 1 N–H and O–H groups in total. The highest BCUT2D eigenvalue weighted by Gasteiger charge is 2.14. The average molecular weight is 606 g/mol. The Morgan fingerprint density at radius 1 is 0.714 bits per heavy atom. The van der Waals surface area contributed by atoms with E-state index in [1.54, 1.807) is 28.7 Å². The molecule has 4 aromatic heterocycles. The van der Waals surface area contributed by atoms with E-state index in [0.29, 0.717) is 21.7 Å². The minimum Gasteiger partial charge on any atom is -0.365 e. The number of anilines is 1. The molecule has 5 nitrogen and oxygen atoms in total. The first kappa shape index (κ1) is 26.6. The van der Waals surface area contributed by atoms with Gasteiger partial charge in [0.2, 0.25) is 10.6 Å². The Kier molecular flexibility index (Phi) is 8.28. The molecule has 1 aromatic carbocycles. The van der Waals surface area contributed by atoms with Crippen LogP contribution in [0.5, 0.6) is 0 Å². The first-order chi connectivity index (χ1) is 16.5. The fourth-order valence-electron chi connectivity index (χ4n) is 3.36. The Labute approximate surface area is 235 Å². The summed E-state index contributed by atoms with van der Waals surface area (Å²) in [5, 5.41) is 7.23. The zero-order valence-electron chi connectivity index (χ0n) is 18.9. The van der Waals surface area contributed by atoms with Gasteiger partial charge in [-0.15, -0.1) is 22.7 Å². The van der Waals surface area contributed by atoms with E-state index in [1.807, 2.05) is 26.0 Å². The minimum absolute atomic E-state index is 0.207. The van der Waals surface area contributed by atoms with Crippen molar-refractivity contribution >= 4 is 107 Å². The molecule has 0 spiro atoms. The van der Waals surface area contributed by atoms with Crippen molar-refractivity contribution in [1.29, 1.82) is 0 Å². The highest BCUT2D eigenvalue weighted by molar-refractivity contribution is 7.19. The molecule has 0 aliphatic rings. The van der Waals surface area contributed by atoms with Crippen LogP contribution in [0.1, 0.15) is 26.4 Å². The van der Waals surface area contributed by atoms with Crippen LogP contribution in [0, 0.1) is 27.7 Å². The van der Waals surface area contributed by atoms with Crippen LogP contribution in [0.3, 0.4) is 0 Å². The molecule has 5 rings (SSSR count). The highest BCUT2D eigenvalue weighted by Crippen LogP contribution is 2.35. The van der Waals surface area contributed by atoms with Gasteiger partial charge < -0.3 is 5.32 Å². The second-order valence-electron chi connectivity index (χ2n) is 7.65. The molecule has 12 heteroatoms. The molecule has 0 saturated carbocycles. The number of aryl methyl sites for hydroxylation is 4. The van der Waals surface area contributed by atoms with Gasteiger partial charge in [0.15, 0.2) is 0 Å². The summed E-state index contributed by atoms with van der Waals surface area (Å²) in [6, 6.07) is 5.54. The lowest BCUT2D eigenvalue weighted by Gasteiger charge is -2.09. The predicted molar refractivity (Wildman–Crippen MR) is 153 cm³/mol. The number of halogens is 5. The van der Waals surface area contributed by atoms with Crippen LogP contribution in [-0.4, -0.2) is 19.9 Å². The van der Waals surface area contributed by atoms with Gasteiger partial charge in [0, 0.05) is 16.3 Å². The summed E-state index contributed by atoms with van der Waals surface area (Å²) in [6.07, 6.45) is 0. The van der Waals surface area contributed by atoms with Gasteiger partial charge in [0.05, 0.1) is 20.8 Å². The Morgan fingerprint density at radius 3 is 1.91 bits per heavy atom. The molecule has 35 heavy (non-hydrogen) atoms. The van der Waals surface area contributed by atoms with Crippen molar-refractivity contribution in [3.05, 3.63) is 70.4 Å². The van der Waals surface area contributed by atoms with E-state index in [2.05, 4.69) is 39.1 Å². The standard InChI is InChI=1S/C15H12Cl3N3S.C8H6Cl2N2S/c1-7-8(2)22-14-12(7)13(20-15(18)21-14)19-6-9-3-4-10(16)11(17)5-9;1-3-4(2)13-7-5(3)6(9)11-8(10)12-7/h3-5H,6H2,1-2H3,(H,19,20,21);1-2H3. The second-order valence-corrected chi connectivity index (χ2v) is 11.9. The van der Waals surface area contributed by atoms with Crippen LogP contribution >= 0.6 is 80.7 Å². The van der Waals surface area contributed by atoms with Crippen molar-refractivity contribution in [2.24, 2.45) is 0 Å². The second kappa shape index (κ2) is 10.9. The van der Waals surface area contributed by atoms with Crippen LogP contribution in [0.25, 0.3) is 20.4 Å². The summed E-state index contributed by atoms with van der Waals surface area (Å²) in [5.74, 6) is 0.739. The fourth-order valence-corrected chi connectivity index (χ4v) is 6.59. The van der Waals surface area contributed by atoms with E-state index in [1.165, 1.54) is 15.3 Å². The van der Waals surface area contributed by atoms with E-state index in [9.17, 15) is 0 Å². The van der Waals surface area contributed by atoms with E-state index < -0.39 is 0 Å². The summed E-state index contributed by atoms with van der Waals surface area (Å²) in [4.78, 5) is 20.8. The monoisotopic (exact) mass is 603 g/mol. The maximum Gasteiger partial charge on any atom is 0.225 e. The lowest BCUT2D eigenvalue weighted by molar-refractivity contribution is 1.10. The van der Waals surface area contributed by atoms with Gasteiger partial charge in [-0.05, 0) is 79.7 Å². The number of thiophene rings is 2. The Morgan fingerprint density at radius 2 is 1.29 bits per heavy atom. The van der Waals surface area contributed by atoms with Crippen molar-refractivity contribution in [3.8, 4) is 0 Å². The number of benzene rings is 1. The van der Waals surface area contributed by atoms with Gasteiger partial charge in [-0.25, -0.2) is 19.9 Å². The van der Waals surface area contributed by atoms with Crippen molar-refractivity contribution in [2.45, 2.75) is 34.2 Å². The number of hydrogen-bond donors (Lipinski definition) is 1. The van der Waals surface area contributed by atoms with Gasteiger partial charge in [0.1, 0.15) is 20.6 Å². The molecule has 0 saturated heterocycles. The predicted octanol–water partition coefficient (Wildman–Crippen LogP) is 9.50. The van der Waals surface area contributed by atoms with Gasteiger partial charge in [-0.3, -0.25) is 0 Å². The average Bonchev–Trinajstić information content (AvgIpc) is 3.23.